The number of hydrogen-bond donors (Lipinski definition) is 4. The highest BCUT2D eigenvalue weighted by atomic mass is 32.1. The first-order valence-corrected chi connectivity index (χ1v) is 10.9. The van der Waals surface area contributed by atoms with Crippen molar-refractivity contribution in [3.8, 4) is 0 Å². The van der Waals surface area contributed by atoms with Gasteiger partial charge < -0.3 is 20.5 Å². The molecule has 1 heterocycles. The van der Waals surface area contributed by atoms with Crippen LogP contribution in [0.2, 0.25) is 0 Å². The molecule has 2 atom stereocenters. The smallest absolute Gasteiger partial charge is 0.410 e. The molecule has 0 saturated carbocycles. The molecule has 1 fully saturated rings. The van der Waals surface area contributed by atoms with Crippen LogP contribution in [0.3, 0.4) is 0 Å². The number of carboxylic acids is 1. The minimum absolute atomic E-state index is 0.0422. The summed E-state index contributed by atoms with van der Waals surface area (Å²) in [5.41, 5.74) is 0.853. The van der Waals surface area contributed by atoms with Crippen LogP contribution in [0.25, 0.3) is 0 Å². The summed E-state index contributed by atoms with van der Waals surface area (Å²) in [6.45, 7) is 0.842. The van der Waals surface area contributed by atoms with Gasteiger partial charge in [0, 0.05) is 25.3 Å². The van der Waals surface area contributed by atoms with Crippen molar-refractivity contribution < 1.29 is 29.0 Å². The second-order valence-corrected chi connectivity index (χ2v) is 7.64. The lowest BCUT2D eigenvalue weighted by Gasteiger charge is -2.25. The average Bonchev–Trinajstić information content (AvgIpc) is 3.26. The fraction of sp³-hybridized carbons (Fsp3) is 0.524. The summed E-state index contributed by atoms with van der Waals surface area (Å²) in [5, 5.41) is 14.0. The van der Waals surface area contributed by atoms with E-state index < -0.39 is 36.0 Å². The number of carbonyl (C=O) groups excluding carboxylic acids is 3. The molecule has 3 N–H and O–H groups in total. The Labute approximate surface area is 186 Å². The maximum Gasteiger partial charge on any atom is 0.410 e. The molecule has 0 aliphatic carbocycles. The van der Waals surface area contributed by atoms with Gasteiger partial charge in [-0.1, -0.05) is 30.3 Å². The zero-order chi connectivity index (χ0) is 22.6. The second-order valence-electron chi connectivity index (χ2n) is 7.28. The molecular weight excluding hydrogens is 422 g/mol. The number of hydrogen-bond acceptors (Lipinski definition) is 6. The van der Waals surface area contributed by atoms with Crippen molar-refractivity contribution in [3.05, 3.63) is 35.9 Å². The van der Waals surface area contributed by atoms with Crippen molar-refractivity contribution in [1.82, 2.24) is 15.5 Å². The Kier molecular flexibility index (Phi) is 10.2. The molecule has 2 unspecified atom stereocenters. The molecule has 0 spiro atoms. The quantitative estimate of drug-likeness (QED) is 0.299. The Morgan fingerprint density at radius 1 is 1.19 bits per heavy atom. The molecule has 9 nitrogen and oxygen atoms in total. The van der Waals surface area contributed by atoms with E-state index in [1.807, 2.05) is 30.3 Å². The molecule has 31 heavy (non-hydrogen) atoms. The van der Waals surface area contributed by atoms with E-state index in [0.717, 1.165) is 5.56 Å². The van der Waals surface area contributed by atoms with E-state index in [0.29, 0.717) is 38.8 Å². The molecule has 2 rings (SSSR count). The predicted molar refractivity (Wildman–Crippen MR) is 117 cm³/mol. The van der Waals surface area contributed by atoms with Gasteiger partial charge in [-0.15, -0.1) is 0 Å². The van der Waals surface area contributed by atoms with Crippen LogP contribution in [0.1, 0.15) is 37.7 Å². The molecule has 0 aromatic heterocycles. The zero-order valence-electron chi connectivity index (χ0n) is 17.3. The fourth-order valence-electron chi connectivity index (χ4n) is 3.26. The van der Waals surface area contributed by atoms with Gasteiger partial charge in [0.2, 0.25) is 11.8 Å². The number of nitrogens with one attached hydrogen (secondary N) is 2. The topological polar surface area (TPSA) is 125 Å². The monoisotopic (exact) mass is 451 g/mol. The van der Waals surface area contributed by atoms with Crippen LogP contribution in [-0.2, 0) is 25.7 Å². The SMILES string of the molecule is O=C(O)CCCCNC(=O)C(CS)NC(=O)C1CCCN1C(=O)OCc1ccccc1. The predicted octanol–water partition coefficient (Wildman–Crippen LogP) is 1.57. The van der Waals surface area contributed by atoms with Gasteiger partial charge in [-0.05, 0) is 31.2 Å². The maximum absolute atomic E-state index is 12.7. The van der Waals surface area contributed by atoms with Crippen LogP contribution < -0.4 is 10.6 Å². The highest BCUT2D eigenvalue weighted by molar-refractivity contribution is 7.80. The third-order valence-corrected chi connectivity index (χ3v) is 5.29. The van der Waals surface area contributed by atoms with E-state index in [2.05, 4.69) is 23.3 Å². The molecule has 1 aliphatic rings. The number of amides is 3. The van der Waals surface area contributed by atoms with E-state index in [1.165, 1.54) is 4.90 Å². The molecule has 1 aliphatic heterocycles. The third kappa shape index (κ3) is 8.12. The Morgan fingerprint density at radius 2 is 1.94 bits per heavy atom. The number of rotatable bonds is 11. The number of unbranched alkanes of at least 4 members (excludes halogenated alkanes) is 1. The molecule has 10 heteroatoms. The first-order valence-electron chi connectivity index (χ1n) is 10.3. The molecule has 170 valence electrons. The van der Waals surface area contributed by atoms with Gasteiger partial charge in [-0.2, -0.15) is 12.6 Å². The first kappa shape index (κ1) is 24.5. The van der Waals surface area contributed by atoms with Crippen molar-refractivity contribution in [2.45, 2.75) is 50.8 Å². The summed E-state index contributed by atoms with van der Waals surface area (Å²) >= 11 is 4.14. The van der Waals surface area contributed by atoms with Crippen LogP contribution >= 0.6 is 12.6 Å². The molecule has 1 aromatic carbocycles. The Hall–Kier alpha value is -2.75. The summed E-state index contributed by atoms with van der Waals surface area (Å²) in [4.78, 5) is 49.4. The van der Waals surface area contributed by atoms with Gasteiger partial charge in [0.05, 0.1) is 0 Å². The lowest BCUT2D eigenvalue weighted by atomic mass is 10.2. The van der Waals surface area contributed by atoms with E-state index in [4.69, 9.17) is 9.84 Å². The Bertz CT molecular complexity index is 761. The summed E-state index contributed by atoms with van der Waals surface area (Å²) in [7, 11) is 0. The highest BCUT2D eigenvalue weighted by Gasteiger charge is 2.36. The zero-order valence-corrected chi connectivity index (χ0v) is 18.2. The van der Waals surface area contributed by atoms with Crippen molar-refractivity contribution in [2.24, 2.45) is 0 Å². The van der Waals surface area contributed by atoms with Crippen LogP contribution in [0.4, 0.5) is 4.79 Å². The van der Waals surface area contributed by atoms with E-state index in [-0.39, 0.29) is 18.8 Å². The van der Waals surface area contributed by atoms with Crippen LogP contribution in [-0.4, -0.2) is 64.8 Å². The molecule has 1 saturated heterocycles. The van der Waals surface area contributed by atoms with Crippen LogP contribution in [0.5, 0.6) is 0 Å². The standard InChI is InChI=1S/C21H29N3O6S/c25-18(26)10-4-5-11-22-19(27)16(14-31)23-20(28)17-9-6-12-24(17)21(29)30-13-15-7-2-1-3-8-15/h1-3,7-8,16-17,31H,4-6,9-14H2,(H,22,27)(H,23,28)(H,25,26). The van der Waals surface area contributed by atoms with Gasteiger partial charge in [0.15, 0.2) is 0 Å². The molecule has 3 amide bonds. The van der Waals surface area contributed by atoms with E-state index in [1.54, 1.807) is 0 Å². The Morgan fingerprint density at radius 3 is 2.61 bits per heavy atom. The third-order valence-electron chi connectivity index (χ3n) is 4.93. The van der Waals surface area contributed by atoms with Gasteiger partial charge in [-0.25, -0.2) is 4.79 Å². The van der Waals surface area contributed by atoms with Gasteiger partial charge in [-0.3, -0.25) is 19.3 Å². The Balaban J connectivity index is 1.81. The van der Waals surface area contributed by atoms with Crippen molar-refractivity contribution in [1.29, 1.82) is 0 Å². The van der Waals surface area contributed by atoms with Crippen LogP contribution in [0, 0.1) is 0 Å². The van der Waals surface area contributed by atoms with Gasteiger partial charge >= 0.3 is 12.1 Å². The summed E-state index contributed by atoms with van der Waals surface area (Å²) in [6.07, 6.45) is 1.61. The maximum atomic E-state index is 12.7. The summed E-state index contributed by atoms with van der Waals surface area (Å²) in [6, 6.07) is 7.72. The van der Waals surface area contributed by atoms with Gasteiger partial charge in [0.25, 0.3) is 0 Å². The number of likely N-dealkylation sites (tertiary alicyclic amines) is 1. The molecule has 0 radical (unpaired) electrons. The summed E-state index contributed by atoms with van der Waals surface area (Å²) < 4.78 is 5.33. The van der Waals surface area contributed by atoms with Crippen molar-refractivity contribution in [3.63, 3.8) is 0 Å². The molecule has 0 bridgehead atoms. The largest absolute Gasteiger partial charge is 0.481 e. The fourth-order valence-corrected chi connectivity index (χ4v) is 3.52. The lowest BCUT2D eigenvalue weighted by Crippen LogP contribution is -2.54. The molecular formula is C21H29N3O6S. The number of carboxylic acid groups (broad SMARTS) is 1. The van der Waals surface area contributed by atoms with E-state index in [9.17, 15) is 19.2 Å². The number of thiol groups is 1. The van der Waals surface area contributed by atoms with Crippen molar-refractivity contribution in [2.75, 3.05) is 18.8 Å². The molecule has 1 aromatic rings. The average molecular weight is 452 g/mol. The number of ether oxygens (including phenoxy) is 1. The van der Waals surface area contributed by atoms with E-state index >= 15 is 0 Å². The lowest BCUT2D eigenvalue weighted by molar-refractivity contribution is -0.137. The highest BCUT2D eigenvalue weighted by Crippen LogP contribution is 2.19. The minimum Gasteiger partial charge on any atom is -0.481 e. The summed E-state index contributed by atoms with van der Waals surface area (Å²) in [5.74, 6) is -1.60. The number of nitrogens with zero attached hydrogens (tertiary/aromatic N) is 1. The number of aliphatic carboxylic acids is 1. The normalized spacial score (nSPS) is 16.4. The van der Waals surface area contributed by atoms with Crippen LogP contribution in [0.15, 0.2) is 30.3 Å². The number of benzene rings is 1. The second kappa shape index (κ2) is 12.8. The first-order chi connectivity index (χ1) is 14.9. The number of carbonyl (C=O) groups is 4. The van der Waals surface area contributed by atoms with Crippen molar-refractivity contribution >= 4 is 36.5 Å². The van der Waals surface area contributed by atoms with Gasteiger partial charge in [0.1, 0.15) is 18.7 Å². The minimum atomic E-state index is -0.879.